The lowest BCUT2D eigenvalue weighted by molar-refractivity contribution is -0.384. The number of nitrogens with zero attached hydrogens (tertiary/aromatic N) is 5. The molecule has 0 aliphatic carbocycles. The van der Waals surface area contributed by atoms with Crippen LogP contribution < -0.4 is 4.90 Å². The second-order valence-electron chi connectivity index (χ2n) is 5.11. The summed E-state index contributed by atoms with van der Waals surface area (Å²) >= 11 is 2.79. The van der Waals surface area contributed by atoms with E-state index in [2.05, 4.69) is 10.2 Å². The summed E-state index contributed by atoms with van der Waals surface area (Å²) in [5.41, 5.74) is 2.35. The normalized spacial score (nSPS) is 14.7. The maximum atomic E-state index is 12.2. The smallest absolute Gasteiger partial charge is 0.292 e. The van der Waals surface area contributed by atoms with E-state index in [4.69, 9.17) is 0 Å². The van der Waals surface area contributed by atoms with Crippen molar-refractivity contribution in [3.8, 4) is 0 Å². The zero-order valence-corrected chi connectivity index (χ0v) is 14.3. The van der Waals surface area contributed by atoms with Crippen molar-refractivity contribution in [2.75, 3.05) is 36.8 Å². The van der Waals surface area contributed by atoms with Crippen LogP contribution in [-0.4, -0.2) is 57.9 Å². The Balaban J connectivity index is 1.56. The third-order valence-electron chi connectivity index (χ3n) is 3.71. The molecule has 126 valence electrons. The van der Waals surface area contributed by atoms with Crippen molar-refractivity contribution >= 4 is 40.4 Å². The first kappa shape index (κ1) is 16.7. The largest absolute Gasteiger partial charge is 0.362 e. The van der Waals surface area contributed by atoms with E-state index in [1.807, 2.05) is 4.90 Å². The van der Waals surface area contributed by atoms with Crippen molar-refractivity contribution in [3.63, 3.8) is 0 Å². The first-order valence-corrected chi connectivity index (χ1v) is 9.17. The molecule has 1 fully saturated rings. The van der Waals surface area contributed by atoms with Crippen LogP contribution in [-0.2, 0) is 4.79 Å². The van der Waals surface area contributed by atoms with E-state index in [0.717, 1.165) is 4.34 Å². The molecule has 1 aliphatic heterocycles. The third kappa shape index (κ3) is 3.82. The monoisotopic (exact) mass is 365 g/mol. The van der Waals surface area contributed by atoms with E-state index in [9.17, 15) is 14.9 Å². The van der Waals surface area contributed by atoms with Crippen LogP contribution in [0.25, 0.3) is 0 Å². The van der Waals surface area contributed by atoms with Gasteiger partial charge in [-0.2, -0.15) is 0 Å². The number of carbonyl (C=O) groups excluding carboxylic acids is 1. The highest BCUT2D eigenvalue weighted by atomic mass is 32.2. The molecule has 1 aliphatic rings. The van der Waals surface area contributed by atoms with Gasteiger partial charge in [-0.3, -0.25) is 14.9 Å². The van der Waals surface area contributed by atoms with E-state index in [1.165, 1.54) is 29.2 Å². The van der Waals surface area contributed by atoms with E-state index < -0.39 is 0 Å². The molecule has 0 bridgehead atoms. The van der Waals surface area contributed by atoms with Gasteiger partial charge in [-0.1, -0.05) is 35.2 Å². The van der Waals surface area contributed by atoms with Gasteiger partial charge in [0.15, 0.2) is 4.34 Å². The molecule has 1 aromatic carbocycles. The fourth-order valence-electron chi connectivity index (χ4n) is 2.52. The Morgan fingerprint density at radius 3 is 2.71 bits per heavy atom. The quantitative estimate of drug-likeness (QED) is 0.454. The summed E-state index contributed by atoms with van der Waals surface area (Å²) < 4.78 is 0.780. The van der Waals surface area contributed by atoms with E-state index in [1.54, 1.807) is 28.6 Å². The van der Waals surface area contributed by atoms with Gasteiger partial charge in [0, 0.05) is 32.2 Å². The molecule has 1 amide bonds. The topological polar surface area (TPSA) is 92.5 Å². The number of hydrogen-bond donors (Lipinski definition) is 0. The van der Waals surface area contributed by atoms with Crippen LogP contribution in [0, 0.1) is 10.1 Å². The number of benzene rings is 1. The Bertz CT molecular complexity index is 717. The number of hydrogen-bond acceptors (Lipinski definition) is 8. The zero-order valence-electron chi connectivity index (χ0n) is 12.7. The number of nitro groups is 1. The summed E-state index contributed by atoms with van der Waals surface area (Å²) in [7, 11) is 0. The fourth-order valence-corrected chi connectivity index (χ4v) is 3.91. The maximum absolute atomic E-state index is 12.2. The number of amides is 1. The van der Waals surface area contributed by atoms with Crippen LogP contribution in [0.2, 0.25) is 0 Å². The highest BCUT2D eigenvalue weighted by Gasteiger charge is 2.25. The molecule has 0 unspecified atom stereocenters. The second kappa shape index (κ2) is 7.58. The number of thioether (sulfide) groups is 1. The van der Waals surface area contributed by atoms with E-state index in [0.29, 0.717) is 37.6 Å². The Labute approximate surface area is 146 Å². The summed E-state index contributed by atoms with van der Waals surface area (Å²) in [6.45, 7) is 2.28. The van der Waals surface area contributed by atoms with E-state index >= 15 is 0 Å². The van der Waals surface area contributed by atoms with Crippen LogP contribution in [0.4, 0.5) is 11.4 Å². The molecule has 3 rings (SSSR count). The van der Waals surface area contributed by atoms with Gasteiger partial charge in [-0.25, -0.2) is 0 Å². The summed E-state index contributed by atoms with van der Waals surface area (Å²) in [5, 5.41) is 18.8. The molecule has 0 saturated carbocycles. The van der Waals surface area contributed by atoms with Crippen molar-refractivity contribution in [1.82, 2.24) is 15.1 Å². The van der Waals surface area contributed by atoms with Gasteiger partial charge >= 0.3 is 0 Å². The Morgan fingerprint density at radius 1 is 1.29 bits per heavy atom. The number of para-hydroxylation sites is 2. The van der Waals surface area contributed by atoms with Gasteiger partial charge in [0.2, 0.25) is 5.91 Å². The predicted octanol–water partition coefficient (Wildman–Crippen LogP) is 1.89. The highest BCUT2D eigenvalue weighted by molar-refractivity contribution is 8.01. The average Bonchev–Trinajstić information content (AvgIpc) is 3.13. The summed E-state index contributed by atoms with van der Waals surface area (Å²) in [5.74, 6) is 0.387. The number of carbonyl (C=O) groups is 1. The van der Waals surface area contributed by atoms with Gasteiger partial charge in [-0.05, 0) is 6.07 Å². The van der Waals surface area contributed by atoms with Crippen LogP contribution >= 0.6 is 23.1 Å². The van der Waals surface area contributed by atoms with Crippen LogP contribution in [0.5, 0.6) is 0 Å². The first-order valence-electron chi connectivity index (χ1n) is 7.30. The Morgan fingerprint density at radius 2 is 2.04 bits per heavy atom. The molecule has 1 saturated heterocycles. The summed E-state index contributed by atoms with van der Waals surface area (Å²) in [4.78, 5) is 26.8. The Kier molecular flexibility index (Phi) is 5.26. The van der Waals surface area contributed by atoms with Crippen molar-refractivity contribution in [2.45, 2.75) is 4.34 Å². The number of aromatic nitrogens is 2. The molecule has 0 N–H and O–H groups in total. The summed E-state index contributed by atoms with van der Waals surface area (Å²) in [6.07, 6.45) is 0. The molecule has 2 heterocycles. The lowest BCUT2D eigenvalue weighted by atomic mass is 10.2. The lowest BCUT2D eigenvalue weighted by Gasteiger charge is -2.35. The molecule has 1 aromatic heterocycles. The number of nitro benzene ring substituents is 1. The van der Waals surface area contributed by atoms with Gasteiger partial charge in [0.1, 0.15) is 11.2 Å². The van der Waals surface area contributed by atoms with Crippen molar-refractivity contribution < 1.29 is 9.72 Å². The minimum atomic E-state index is -0.369. The molecule has 2 aromatic rings. The highest BCUT2D eigenvalue weighted by Crippen LogP contribution is 2.28. The standard InChI is InChI=1S/C14H15N5O3S2/c20-13(9-23-14-16-15-10-24-14)18-7-5-17(6-8-18)11-3-1-2-4-12(11)19(21)22/h1-4,10H,5-9H2. The molecule has 0 spiro atoms. The average molecular weight is 365 g/mol. The lowest BCUT2D eigenvalue weighted by Crippen LogP contribution is -2.49. The predicted molar refractivity (Wildman–Crippen MR) is 92.5 cm³/mol. The summed E-state index contributed by atoms with van der Waals surface area (Å²) in [6, 6.07) is 6.71. The van der Waals surface area contributed by atoms with Crippen LogP contribution in [0.15, 0.2) is 34.1 Å². The number of piperazine rings is 1. The molecular formula is C14H15N5O3S2. The minimum absolute atomic E-state index is 0.0532. The molecule has 24 heavy (non-hydrogen) atoms. The molecule has 8 nitrogen and oxygen atoms in total. The van der Waals surface area contributed by atoms with Crippen LogP contribution in [0.3, 0.4) is 0 Å². The number of rotatable bonds is 5. The number of anilines is 1. The zero-order chi connectivity index (χ0) is 16.9. The second-order valence-corrected chi connectivity index (χ2v) is 7.16. The molecule has 0 atom stereocenters. The molecule has 0 radical (unpaired) electrons. The Hall–Kier alpha value is -2.20. The van der Waals surface area contributed by atoms with Gasteiger partial charge in [-0.15, -0.1) is 10.2 Å². The molecular weight excluding hydrogens is 350 g/mol. The van der Waals surface area contributed by atoms with Crippen LogP contribution in [0.1, 0.15) is 0 Å². The molecule has 10 heteroatoms. The van der Waals surface area contributed by atoms with Gasteiger partial charge in [0.05, 0.1) is 10.7 Å². The van der Waals surface area contributed by atoms with Crippen molar-refractivity contribution in [2.24, 2.45) is 0 Å². The van der Waals surface area contributed by atoms with Crippen molar-refractivity contribution in [1.29, 1.82) is 0 Å². The van der Waals surface area contributed by atoms with Crippen molar-refractivity contribution in [3.05, 3.63) is 39.9 Å². The van der Waals surface area contributed by atoms with Gasteiger partial charge < -0.3 is 9.80 Å². The fraction of sp³-hybridized carbons (Fsp3) is 0.357. The van der Waals surface area contributed by atoms with Gasteiger partial charge in [0.25, 0.3) is 5.69 Å². The third-order valence-corrected chi connectivity index (χ3v) is 5.56. The minimum Gasteiger partial charge on any atom is -0.362 e. The first-order chi connectivity index (χ1) is 11.6. The maximum Gasteiger partial charge on any atom is 0.292 e. The van der Waals surface area contributed by atoms with E-state index in [-0.39, 0.29) is 16.5 Å². The SMILES string of the molecule is O=C(CSc1nncs1)N1CCN(c2ccccc2[N+](=O)[O-])CC1.